The van der Waals surface area contributed by atoms with Crippen LogP contribution in [-0.2, 0) is 4.79 Å². The highest BCUT2D eigenvalue weighted by molar-refractivity contribution is 5.95. The molecular weight excluding hydrogens is 338 g/mol. The fraction of sp³-hybridized carbons (Fsp3) is 0.300. The van der Waals surface area contributed by atoms with Crippen LogP contribution in [-0.4, -0.2) is 29.8 Å². The number of primary amides is 1. The highest BCUT2D eigenvalue weighted by Gasteiger charge is 2.26. The average molecular weight is 358 g/mol. The first kappa shape index (κ1) is 18.0. The first-order chi connectivity index (χ1) is 12.4. The molecule has 136 valence electrons. The molecule has 2 aromatic carbocycles. The van der Waals surface area contributed by atoms with Gasteiger partial charge in [0.05, 0.1) is 0 Å². The highest BCUT2D eigenvalue weighted by Crippen LogP contribution is 2.28. The van der Waals surface area contributed by atoms with Gasteiger partial charge in [0, 0.05) is 30.1 Å². The van der Waals surface area contributed by atoms with Crippen LogP contribution in [0, 0.1) is 24.5 Å². The second-order valence-corrected chi connectivity index (χ2v) is 6.62. The van der Waals surface area contributed by atoms with Crippen molar-refractivity contribution in [3.8, 4) is 11.1 Å². The molecule has 3 rings (SSSR count). The Balaban J connectivity index is 1.79. The van der Waals surface area contributed by atoms with Gasteiger partial charge in [-0.1, -0.05) is 12.1 Å². The van der Waals surface area contributed by atoms with Crippen molar-refractivity contribution in [1.29, 1.82) is 0 Å². The number of nitrogens with two attached hydrogens (primary N) is 1. The number of nitrogens with zero attached hydrogens (tertiary/aromatic N) is 1. The molecule has 1 saturated heterocycles. The van der Waals surface area contributed by atoms with E-state index in [4.69, 9.17) is 5.73 Å². The molecule has 0 aliphatic carbocycles. The molecule has 4 nitrogen and oxygen atoms in total. The fourth-order valence-corrected chi connectivity index (χ4v) is 3.35. The summed E-state index contributed by atoms with van der Waals surface area (Å²) in [5.41, 5.74) is 7.09. The van der Waals surface area contributed by atoms with E-state index >= 15 is 0 Å². The zero-order valence-electron chi connectivity index (χ0n) is 14.5. The standard InChI is InChI=1S/C20H20F2N2O2/c1-12-10-15(21)3-5-16(12)17-4-2-14(11-18(17)22)20(26)24-8-6-13(7-9-24)19(23)25/h2-5,10-11,13H,6-9H2,1H3,(H2,23,25). The number of hydrogen-bond acceptors (Lipinski definition) is 2. The minimum absolute atomic E-state index is 0.209. The maximum Gasteiger partial charge on any atom is 0.253 e. The van der Waals surface area contributed by atoms with Gasteiger partial charge in [-0.05, 0) is 55.2 Å². The summed E-state index contributed by atoms with van der Waals surface area (Å²) < 4.78 is 27.8. The third-order valence-corrected chi connectivity index (χ3v) is 4.88. The van der Waals surface area contributed by atoms with Gasteiger partial charge in [0.15, 0.2) is 0 Å². The number of benzene rings is 2. The summed E-state index contributed by atoms with van der Waals surface area (Å²) in [5, 5.41) is 0. The molecule has 0 radical (unpaired) electrons. The Labute approximate surface area is 150 Å². The van der Waals surface area contributed by atoms with Crippen LogP contribution < -0.4 is 5.73 Å². The first-order valence-corrected chi connectivity index (χ1v) is 8.51. The van der Waals surface area contributed by atoms with Crippen molar-refractivity contribution in [2.45, 2.75) is 19.8 Å². The van der Waals surface area contributed by atoms with Crippen molar-refractivity contribution in [2.24, 2.45) is 11.7 Å². The second-order valence-electron chi connectivity index (χ2n) is 6.62. The molecule has 1 aliphatic heterocycles. The fourth-order valence-electron chi connectivity index (χ4n) is 3.35. The zero-order valence-corrected chi connectivity index (χ0v) is 14.5. The summed E-state index contributed by atoms with van der Waals surface area (Å²) in [6.45, 7) is 2.56. The molecule has 1 aliphatic rings. The predicted octanol–water partition coefficient (Wildman–Crippen LogP) is 3.28. The van der Waals surface area contributed by atoms with Gasteiger partial charge in [-0.25, -0.2) is 8.78 Å². The van der Waals surface area contributed by atoms with Crippen LogP contribution in [0.3, 0.4) is 0 Å². The van der Waals surface area contributed by atoms with E-state index in [1.165, 1.54) is 24.3 Å². The third-order valence-electron chi connectivity index (χ3n) is 4.88. The van der Waals surface area contributed by atoms with Crippen LogP contribution in [0.2, 0.25) is 0 Å². The lowest BCUT2D eigenvalue weighted by Gasteiger charge is -2.30. The van der Waals surface area contributed by atoms with Gasteiger partial charge in [0.2, 0.25) is 5.91 Å². The van der Waals surface area contributed by atoms with E-state index in [0.717, 1.165) is 0 Å². The Bertz CT molecular complexity index is 859. The molecule has 0 bridgehead atoms. The van der Waals surface area contributed by atoms with Crippen molar-refractivity contribution < 1.29 is 18.4 Å². The molecule has 1 fully saturated rings. The second kappa shape index (κ2) is 7.23. The SMILES string of the molecule is Cc1cc(F)ccc1-c1ccc(C(=O)N2CCC(C(N)=O)CC2)cc1F. The van der Waals surface area contributed by atoms with E-state index in [9.17, 15) is 18.4 Å². The number of halogens is 2. The highest BCUT2D eigenvalue weighted by atomic mass is 19.1. The van der Waals surface area contributed by atoms with Crippen LogP contribution >= 0.6 is 0 Å². The Morgan fingerprint density at radius 3 is 2.27 bits per heavy atom. The number of hydrogen-bond donors (Lipinski definition) is 1. The van der Waals surface area contributed by atoms with E-state index in [1.807, 2.05) is 0 Å². The van der Waals surface area contributed by atoms with Crippen LogP contribution in [0.4, 0.5) is 8.78 Å². The first-order valence-electron chi connectivity index (χ1n) is 8.51. The summed E-state index contributed by atoms with van der Waals surface area (Å²) in [6.07, 6.45) is 1.05. The maximum absolute atomic E-state index is 14.6. The molecule has 2 amide bonds. The largest absolute Gasteiger partial charge is 0.369 e. The molecule has 0 spiro atoms. The van der Waals surface area contributed by atoms with Gasteiger partial charge >= 0.3 is 0 Å². The van der Waals surface area contributed by atoms with Crippen LogP contribution in [0.5, 0.6) is 0 Å². The van der Waals surface area contributed by atoms with E-state index in [1.54, 1.807) is 24.0 Å². The summed E-state index contributed by atoms with van der Waals surface area (Å²) in [7, 11) is 0. The number of rotatable bonds is 3. The van der Waals surface area contributed by atoms with Gasteiger partial charge in [-0.2, -0.15) is 0 Å². The molecule has 26 heavy (non-hydrogen) atoms. The quantitative estimate of drug-likeness (QED) is 0.915. The number of piperidine rings is 1. The van der Waals surface area contributed by atoms with E-state index in [2.05, 4.69) is 0 Å². The summed E-state index contributed by atoms with van der Waals surface area (Å²) >= 11 is 0. The molecule has 0 aromatic heterocycles. The van der Waals surface area contributed by atoms with Crippen molar-refractivity contribution in [2.75, 3.05) is 13.1 Å². The van der Waals surface area contributed by atoms with Gasteiger partial charge in [-0.3, -0.25) is 9.59 Å². The molecule has 2 aromatic rings. The lowest BCUT2D eigenvalue weighted by Crippen LogP contribution is -2.41. The zero-order chi connectivity index (χ0) is 18.8. The number of carbonyl (C=O) groups is 2. The Morgan fingerprint density at radius 1 is 1.04 bits per heavy atom. The van der Waals surface area contributed by atoms with Crippen LogP contribution in [0.25, 0.3) is 11.1 Å². The molecule has 0 saturated carbocycles. The number of likely N-dealkylation sites (tertiary alicyclic amines) is 1. The van der Waals surface area contributed by atoms with E-state index in [0.29, 0.717) is 42.6 Å². The summed E-state index contributed by atoms with van der Waals surface area (Å²) in [5.74, 6) is -1.73. The maximum atomic E-state index is 14.6. The molecule has 1 heterocycles. The topological polar surface area (TPSA) is 63.4 Å². The van der Waals surface area contributed by atoms with E-state index in [-0.39, 0.29) is 29.1 Å². The van der Waals surface area contributed by atoms with Gasteiger partial charge < -0.3 is 10.6 Å². The minimum Gasteiger partial charge on any atom is -0.369 e. The average Bonchev–Trinajstić information content (AvgIpc) is 2.62. The smallest absolute Gasteiger partial charge is 0.253 e. The number of aryl methyl sites for hydroxylation is 1. The van der Waals surface area contributed by atoms with Crippen LogP contribution in [0.1, 0.15) is 28.8 Å². The Kier molecular flexibility index (Phi) is 5.02. The lowest BCUT2D eigenvalue weighted by atomic mass is 9.95. The van der Waals surface area contributed by atoms with Crippen LogP contribution in [0.15, 0.2) is 36.4 Å². The van der Waals surface area contributed by atoms with Crippen molar-refractivity contribution in [1.82, 2.24) is 4.90 Å². The molecular formula is C20H20F2N2O2. The normalized spacial score (nSPS) is 15.1. The number of carbonyl (C=O) groups excluding carboxylic acids is 2. The minimum atomic E-state index is -0.530. The van der Waals surface area contributed by atoms with Gasteiger partial charge in [-0.15, -0.1) is 0 Å². The predicted molar refractivity (Wildman–Crippen MR) is 94.4 cm³/mol. The lowest BCUT2D eigenvalue weighted by molar-refractivity contribution is -0.123. The molecule has 6 heteroatoms. The number of amides is 2. The summed E-state index contributed by atoms with van der Waals surface area (Å²) in [4.78, 5) is 25.4. The van der Waals surface area contributed by atoms with Gasteiger partial charge in [0.1, 0.15) is 11.6 Å². The molecule has 0 unspecified atom stereocenters. The van der Waals surface area contributed by atoms with Crippen molar-refractivity contribution in [3.63, 3.8) is 0 Å². The molecule has 2 N–H and O–H groups in total. The Hall–Kier alpha value is -2.76. The van der Waals surface area contributed by atoms with Crippen molar-refractivity contribution >= 4 is 11.8 Å². The third kappa shape index (κ3) is 3.59. The van der Waals surface area contributed by atoms with Crippen molar-refractivity contribution in [3.05, 3.63) is 59.2 Å². The Morgan fingerprint density at radius 2 is 1.69 bits per heavy atom. The van der Waals surface area contributed by atoms with E-state index < -0.39 is 5.82 Å². The monoisotopic (exact) mass is 358 g/mol. The summed E-state index contributed by atoms with van der Waals surface area (Å²) in [6, 6.07) is 8.48. The molecule has 0 atom stereocenters. The van der Waals surface area contributed by atoms with Gasteiger partial charge in [0.25, 0.3) is 5.91 Å².